The van der Waals surface area contributed by atoms with Gasteiger partial charge in [-0.3, -0.25) is 0 Å². The summed E-state index contributed by atoms with van der Waals surface area (Å²) < 4.78 is 0. The average molecular weight is 240 g/mol. The van der Waals surface area contributed by atoms with E-state index in [0.29, 0.717) is 21.7 Å². The fourth-order valence-corrected chi connectivity index (χ4v) is 1.93. The van der Waals surface area contributed by atoms with Gasteiger partial charge < -0.3 is 0 Å². The molecule has 0 aliphatic heterocycles. The summed E-state index contributed by atoms with van der Waals surface area (Å²) in [6.07, 6.45) is 1.33. The summed E-state index contributed by atoms with van der Waals surface area (Å²) in [5, 5.41) is 0.733. The standard InChI is InChI=1S/C8H9Cl3N2/c1-8(2,3-9)5-6(10)12-4-13-7(5)11/h4H,3H2,1-2H3. The molecule has 0 N–H and O–H groups in total. The molecule has 0 aromatic carbocycles. The second-order valence-electron chi connectivity index (χ2n) is 3.35. The number of hydrogen-bond acceptors (Lipinski definition) is 2. The second kappa shape index (κ2) is 3.99. The van der Waals surface area contributed by atoms with E-state index >= 15 is 0 Å². The molecule has 0 spiro atoms. The molecule has 0 unspecified atom stereocenters. The van der Waals surface area contributed by atoms with Crippen molar-refractivity contribution < 1.29 is 0 Å². The molecule has 0 radical (unpaired) electrons. The molecule has 2 nitrogen and oxygen atoms in total. The molecule has 0 bridgehead atoms. The lowest BCUT2D eigenvalue weighted by Crippen LogP contribution is -2.21. The quantitative estimate of drug-likeness (QED) is 0.584. The van der Waals surface area contributed by atoms with E-state index in [2.05, 4.69) is 9.97 Å². The van der Waals surface area contributed by atoms with E-state index < -0.39 is 0 Å². The van der Waals surface area contributed by atoms with Crippen LogP contribution in [0, 0.1) is 0 Å². The Bertz CT molecular complexity index is 292. The first kappa shape index (κ1) is 11.0. The fraction of sp³-hybridized carbons (Fsp3) is 0.500. The summed E-state index contributed by atoms with van der Waals surface area (Å²) in [7, 11) is 0. The highest BCUT2D eigenvalue weighted by atomic mass is 35.5. The minimum atomic E-state index is -0.309. The SMILES string of the molecule is CC(C)(CCl)c1c(Cl)ncnc1Cl. The first-order chi connectivity index (χ1) is 5.99. The van der Waals surface area contributed by atoms with Crippen LogP contribution >= 0.6 is 34.8 Å². The number of aromatic nitrogens is 2. The van der Waals surface area contributed by atoms with Crippen LogP contribution in [0.5, 0.6) is 0 Å². The van der Waals surface area contributed by atoms with Crippen molar-refractivity contribution in [2.24, 2.45) is 0 Å². The van der Waals surface area contributed by atoms with Crippen LogP contribution < -0.4 is 0 Å². The van der Waals surface area contributed by atoms with Crippen molar-refractivity contribution in [3.05, 3.63) is 22.2 Å². The molecular formula is C8H9Cl3N2. The molecule has 1 rings (SSSR count). The fourth-order valence-electron chi connectivity index (χ4n) is 0.970. The predicted octanol–water partition coefficient (Wildman–Crippen LogP) is 3.30. The van der Waals surface area contributed by atoms with Crippen molar-refractivity contribution in [2.75, 3.05) is 5.88 Å². The zero-order chi connectivity index (χ0) is 10.1. The Balaban J connectivity index is 3.28. The molecule has 5 heteroatoms. The molecule has 72 valence electrons. The normalized spacial score (nSPS) is 11.8. The van der Waals surface area contributed by atoms with E-state index in [1.807, 2.05) is 13.8 Å². The van der Waals surface area contributed by atoms with Gasteiger partial charge >= 0.3 is 0 Å². The van der Waals surface area contributed by atoms with Crippen LogP contribution in [0.1, 0.15) is 19.4 Å². The van der Waals surface area contributed by atoms with Crippen LogP contribution in [0.15, 0.2) is 6.33 Å². The second-order valence-corrected chi connectivity index (χ2v) is 4.33. The lowest BCUT2D eigenvalue weighted by Gasteiger charge is -2.22. The molecule has 0 aliphatic rings. The van der Waals surface area contributed by atoms with Crippen molar-refractivity contribution >= 4 is 34.8 Å². The molecule has 13 heavy (non-hydrogen) atoms. The Morgan fingerprint density at radius 3 is 2.08 bits per heavy atom. The Morgan fingerprint density at radius 1 is 1.23 bits per heavy atom. The van der Waals surface area contributed by atoms with Crippen LogP contribution in [0.2, 0.25) is 10.3 Å². The van der Waals surface area contributed by atoms with Crippen LogP contribution in [-0.4, -0.2) is 15.8 Å². The average Bonchev–Trinajstić information content (AvgIpc) is 2.03. The van der Waals surface area contributed by atoms with Crippen molar-refractivity contribution in [3.63, 3.8) is 0 Å². The van der Waals surface area contributed by atoms with Gasteiger partial charge in [-0.1, -0.05) is 37.0 Å². The molecule has 0 fully saturated rings. The lowest BCUT2D eigenvalue weighted by atomic mass is 9.89. The van der Waals surface area contributed by atoms with E-state index in [4.69, 9.17) is 34.8 Å². The van der Waals surface area contributed by atoms with Gasteiger partial charge in [0.15, 0.2) is 0 Å². The van der Waals surface area contributed by atoms with Gasteiger partial charge in [-0.2, -0.15) is 0 Å². The van der Waals surface area contributed by atoms with Crippen LogP contribution in [0.4, 0.5) is 0 Å². The Morgan fingerprint density at radius 2 is 1.69 bits per heavy atom. The van der Waals surface area contributed by atoms with E-state index in [1.54, 1.807) is 0 Å². The Labute approximate surface area is 92.2 Å². The van der Waals surface area contributed by atoms with Gasteiger partial charge in [-0.15, -0.1) is 11.6 Å². The van der Waals surface area contributed by atoms with Gasteiger partial charge in [-0.25, -0.2) is 9.97 Å². The molecule has 1 aromatic heterocycles. The van der Waals surface area contributed by atoms with E-state index in [1.165, 1.54) is 6.33 Å². The number of halogens is 3. The van der Waals surface area contributed by atoms with Crippen LogP contribution in [0.25, 0.3) is 0 Å². The van der Waals surface area contributed by atoms with Gasteiger partial charge in [0, 0.05) is 16.9 Å². The summed E-state index contributed by atoms with van der Waals surface area (Å²) in [6, 6.07) is 0. The van der Waals surface area contributed by atoms with Gasteiger partial charge in [0.05, 0.1) is 0 Å². The zero-order valence-electron chi connectivity index (χ0n) is 7.31. The smallest absolute Gasteiger partial charge is 0.137 e. The summed E-state index contributed by atoms with van der Waals surface area (Å²) >= 11 is 17.6. The molecule has 0 saturated carbocycles. The molecule has 0 saturated heterocycles. The minimum absolute atomic E-state index is 0.309. The highest BCUT2D eigenvalue weighted by molar-refractivity contribution is 6.34. The summed E-state index contributed by atoms with van der Waals surface area (Å²) in [5.74, 6) is 0.416. The highest BCUT2D eigenvalue weighted by Gasteiger charge is 2.26. The Hall–Kier alpha value is -0.0500. The lowest BCUT2D eigenvalue weighted by molar-refractivity contribution is 0.592. The highest BCUT2D eigenvalue weighted by Crippen LogP contribution is 2.33. The largest absolute Gasteiger partial charge is 0.224 e. The zero-order valence-corrected chi connectivity index (χ0v) is 9.58. The van der Waals surface area contributed by atoms with E-state index in [0.717, 1.165) is 0 Å². The van der Waals surface area contributed by atoms with Gasteiger partial charge in [0.25, 0.3) is 0 Å². The predicted molar refractivity (Wildman–Crippen MR) is 55.8 cm³/mol. The molecule has 0 aliphatic carbocycles. The minimum Gasteiger partial charge on any atom is -0.224 e. The monoisotopic (exact) mass is 238 g/mol. The third-order valence-electron chi connectivity index (χ3n) is 1.77. The maximum atomic E-state index is 5.90. The first-order valence-electron chi connectivity index (χ1n) is 3.71. The van der Waals surface area contributed by atoms with Crippen LogP contribution in [-0.2, 0) is 5.41 Å². The van der Waals surface area contributed by atoms with E-state index in [9.17, 15) is 0 Å². The van der Waals surface area contributed by atoms with Crippen molar-refractivity contribution in [1.82, 2.24) is 9.97 Å². The number of rotatable bonds is 2. The Kier molecular flexibility index (Phi) is 3.38. The maximum Gasteiger partial charge on any atom is 0.137 e. The third kappa shape index (κ3) is 2.25. The topological polar surface area (TPSA) is 25.8 Å². The van der Waals surface area contributed by atoms with Gasteiger partial charge in [-0.05, 0) is 0 Å². The number of alkyl halides is 1. The molecule has 0 amide bonds. The van der Waals surface area contributed by atoms with Crippen LogP contribution in [0.3, 0.4) is 0 Å². The third-order valence-corrected chi connectivity index (χ3v) is 3.01. The molecular weight excluding hydrogens is 230 g/mol. The van der Waals surface area contributed by atoms with Gasteiger partial charge in [0.2, 0.25) is 0 Å². The maximum absolute atomic E-state index is 5.90. The summed E-state index contributed by atoms with van der Waals surface area (Å²) in [5.41, 5.74) is 0.394. The number of nitrogens with zero attached hydrogens (tertiary/aromatic N) is 2. The summed E-state index contributed by atoms with van der Waals surface area (Å²) in [6.45, 7) is 3.88. The van der Waals surface area contributed by atoms with Gasteiger partial charge in [0.1, 0.15) is 16.6 Å². The summed E-state index contributed by atoms with van der Waals surface area (Å²) in [4.78, 5) is 7.73. The van der Waals surface area contributed by atoms with E-state index in [-0.39, 0.29) is 5.41 Å². The molecule has 0 atom stereocenters. The van der Waals surface area contributed by atoms with Crippen molar-refractivity contribution in [1.29, 1.82) is 0 Å². The number of hydrogen-bond donors (Lipinski definition) is 0. The first-order valence-corrected chi connectivity index (χ1v) is 5.00. The molecule has 1 heterocycles. The van der Waals surface area contributed by atoms with Crippen molar-refractivity contribution in [3.8, 4) is 0 Å². The van der Waals surface area contributed by atoms with Crippen molar-refractivity contribution in [2.45, 2.75) is 19.3 Å². The molecule has 1 aromatic rings.